The monoisotopic (exact) mass is 407 g/mol. The lowest BCUT2D eigenvalue weighted by molar-refractivity contribution is 0.0157. The molecule has 1 aliphatic heterocycles. The summed E-state index contributed by atoms with van der Waals surface area (Å²) in [4.78, 5) is 17.0. The second kappa shape index (κ2) is 13.4. The van der Waals surface area contributed by atoms with Gasteiger partial charge in [0, 0.05) is 51.6 Å². The van der Waals surface area contributed by atoms with Crippen LogP contribution in [0, 0.1) is 0 Å². The van der Waals surface area contributed by atoms with E-state index in [1.165, 1.54) is 19.3 Å². The van der Waals surface area contributed by atoms with Crippen LogP contribution in [0.3, 0.4) is 0 Å². The Morgan fingerprint density at radius 3 is 2.69 bits per heavy atom. The Morgan fingerprint density at radius 1 is 1.17 bits per heavy atom. The summed E-state index contributed by atoms with van der Waals surface area (Å²) in [5.41, 5.74) is 0.664. The Labute approximate surface area is 175 Å². The van der Waals surface area contributed by atoms with E-state index in [4.69, 9.17) is 14.2 Å². The molecule has 7 heteroatoms. The molecule has 0 aliphatic carbocycles. The minimum absolute atomic E-state index is 0.304. The van der Waals surface area contributed by atoms with Crippen molar-refractivity contribution in [3.63, 3.8) is 0 Å². The summed E-state index contributed by atoms with van der Waals surface area (Å²) in [6.07, 6.45) is 3.88. The summed E-state index contributed by atoms with van der Waals surface area (Å²) in [5, 5.41) is 2.80. The molecule has 29 heavy (non-hydrogen) atoms. The molecule has 0 saturated carbocycles. The first-order chi connectivity index (χ1) is 14.1. The fourth-order valence-electron chi connectivity index (χ4n) is 3.31. The molecule has 1 aromatic carbocycles. The maximum absolute atomic E-state index is 12.4. The molecule has 1 N–H and O–H groups in total. The van der Waals surface area contributed by atoms with Crippen molar-refractivity contribution in [1.82, 2.24) is 9.80 Å². The lowest BCUT2D eigenvalue weighted by Gasteiger charge is -2.34. The van der Waals surface area contributed by atoms with E-state index in [-0.39, 0.29) is 6.10 Å². The molecular formula is C22H37N3O4. The van der Waals surface area contributed by atoms with Gasteiger partial charge in [0.1, 0.15) is 11.9 Å². The molecule has 2 rings (SSSR count). The van der Waals surface area contributed by atoms with E-state index < -0.39 is 6.09 Å². The highest BCUT2D eigenvalue weighted by Crippen LogP contribution is 2.18. The first-order valence-corrected chi connectivity index (χ1v) is 10.7. The van der Waals surface area contributed by atoms with Crippen molar-refractivity contribution in [2.75, 3.05) is 65.4 Å². The van der Waals surface area contributed by atoms with Gasteiger partial charge in [0.2, 0.25) is 0 Å². The molecular weight excluding hydrogens is 370 g/mol. The van der Waals surface area contributed by atoms with Crippen LogP contribution in [0.15, 0.2) is 24.3 Å². The molecule has 7 nitrogen and oxygen atoms in total. The van der Waals surface area contributed by atoms with Gasteiger partial charge in [-0.1, -0.05) is 32.3 Å². The molecule has 0 radical (unpaired) electrons. The first kappa shape index (κ1) is 23.4. The van der Waals surface area contributed by atoms with Gasteiger partial charge >= 0.3 is 6.09 Å². The van der Waals surface area contributed by atoms with Gasteiger partial charge in [0.25, 0.3) is 0 Å². The minimum Gasteiger partial charge on any atom is -0.494 e. The molecule has 1 aromatic rings. The molecule has 0 spiro atoms. The van der Waals surface area contributed by atoms with Crippen LogP contribution in [-0.4, -0.2) is 82.1 Å². The second-order valence-electron chi connectivity index (χ2n) is 7.65. The molecule has 0 bridgehead atoms. The summed E-state index contributed by atoms with van der Waals surface area (Å²) in [6, 6.07) is 7.43. The number of carbonyl (C=O) groups excluding carboxylic acids is 1. The van der Waals surface area contributed by atoms with Crippen LogP contribution in [-0.2, 0) is 9.47 Å². The number of carbonyl (C=O) groups is 1. The lowest BCUT2D eigenvalue weighted by atomic mass is 10.2. The number of likely N-dealkylation sites (N-methyl/N-ethyl adjacent to an activating group) is 1. The van der Waals surface area contributed by atoms with E-state index in [0.29, 0.717) is 25.4 Å². The van der Waals surface area contributed by atoms with Crippen molar-refractivity contribution in [2.24, 2.45) is 0 Å². The maximum Gasteiger partial charge on any atom is 0.412 e. The first-order valence-electron chi connectivity index (χ1n) is 10.7. The number of nitrogens with zero attached hydrogens (tertiary/aromatic N) is 2. The fourth-order valence-corrected chi connectivity index (χ4v) is 3.31. The van der Waals surface area contributed by atoms with E-state index >= 15 is 0 Å². The van der Waals surface area contributed by atoms with Crippen LogP contribution in [0.4, 0.5) is 10.5 Å². The predicted octanol–water partition coefficient (Wildman–Crippen LogP) is 3.46. The molecule has 1 aliphatic rings. The van der Waals surface area contributed by atoms with Gasteiger partial charge in [-0.05, 0) is 25.6 Å². The Kier molecular flexibility index (Phi) is 10.8. The quantitative estimate of drug-likeness (QED) is 0.536. The van der Waals surface area contributed by atoms with Gasteiger partial charge in [0.05, 0.1) is 13.2 Å². The third-order valence-electron chi connectivity index (χ3n) is 5.03. The lowest BCUT2D eigenvalue weighted by Crippen LogP contribution is -2.48. The number of hydrogen-bond acceptors (Lipinski definition) is 6. The Bertz CT molecular complexity index is 591. The van der Waals surface area contributed by atoms with E-state index in [1.807, 2.05) is 24.3 Å². The zero-order chi connectivity index (χ0) is 20.9. The summed E-state index contributed by atoms with van der Waals surface area (Å²) in [6.45, 7) is 7.93. The minimum atomic E-state index is -0.471. The van der Waals surface area contributed by atoms with Gasteiger partial charge in [-0.25, -0.2) is 4.79 Å². The zero-order valence-electron chi connectivity index (χ0n) is 18.2. The van der Waals surface area contributed by atoms with Crippen LogP contribution < -0.4 is 10.1 Å². The average molecular weight is 408 g/mol. The highest BCUT2D eigenvalue weighted by molar-refractivity contribution is 5.85. The van der Waals surface area contributed by atoms with Crippen molar-refractivity contribution in [3.8, 4) is 5.75 Å². The van der Waals surface area contributed by atoms with Crippen LogP contribution in [0.5, 0.6) is 5.75 Å². The number of hydrogen-bond donors (Lipinski definition) is 1. The van der Waals surface area contributed by atoms with E-state index in [2.05, 4.69) is 29.1 Å². The molecule has 1 unspecified atom stereocenters. The number of anilines is 1. The van der Waals surface area contributed by atoms with Crippen molar-refractivity contribution >= 4 is 11.8 Å². The van der Waals surface area contributed by atoms with Gasteiger partial charge in [-0.15, -0.1) is 0 Å². The number of benzene rings is 1. The van der Waals surface area contributed by atoms with Crippen LogP contribution in [0.25, 0.3) is 0 Å². The Balaban J connectivity index is 1.78. The van der Waals surface area contributed by atoms with E-state index in [0.717, 1.165) is 38.3 Å². The third-order valence-corrected chi connectivity index (χ3v) is 5.03. The summed E-state index contributed by atoms with van der Waals surface area (Å²) in [7, 11) is 3.75. The number of rotatable bonds is 12. The van der Waals surface area contributed by atoms with Crippen LogP contribution in [0.2, 0.25) is 0 Å². The number of methoxy groups -OCH3 is 1. The molecule has 1 heterocycles. The average Bonchev–Trinajstić information content (AvgIpc) is 2.70. The van der Waals surface area contributed by atoms with E-state index in [9.17, 15) is 4.79 Å². The van der Waals surface area contributed by atoms with Gasteiger partial charge < -0.3 is 19.1 Å². The summed E-state index contributed by atoms with van der Waals surface area (Å²) < 4.78 is 16.6. The van der Waals surface area contributed by atoms with Crippen molar-refractivity contribution in [2.45, 2.75) is 38.7 Å². The van der Waals surface area contributed by atoms with Crippen molar-refractivity contribution in [1.29, 1.82) is 0 Å². The molecule has 1 saturated heterocycles. The zero-order valence-corrected chi connectivity index (χ0v) is 18.2. The number of ether oxygens (including phenoxy) is 3. The topological polar surface area (TPSA) is 63.3 Å². The second-order valence-corrected chi connectivity index (χ2v) is 7.65. The smallest absolute Gasteiger partial charge is 0.412 e. The van der Waals surface area contributed by atoms with Gasteiger partial charge in [-0.3, -0.25) is 10.2 Å². The predicted molar refractivity (Wildman–Crippen MR) is 116 cm³/mol. The largest absolute Gasteiger partial charge is 0.494 e. The summed E-state index contributed by atoms with van der Waals surface area (Å²) in [5.74, 6) is 0.755. The molecule has 164 valence electrons. The Morgan fingerprint density at radius 2 is 1.97 bits per heavy atom. The van der Waals surface area contributed by atoms with Crippen molar-refractivity contribution < 1.29 is 19.0 Å². The highest BCUT2D eigenvalue weighted by atomic mass is 16.6. The number of amides is 1. The number of unbranched alkanes of at least 4 members (excludes halogenated alkanes) is 3. The Hall–Kier alpha value is -1.83. The molecule has 1 amide bonds. The van der Waals surface area contributed by atoms with Crippen molar-refractivity contribution in [3.05, 3.63) is 24.3 Å². The third kappa shape index (κ3) is 9.47. The number of piperazine rings is 1. The van der Waals surface area contributed by atoms with Crippen LogP contribution >= 0.6 is 0 Å². The SMILES string of the molecule is CCCCCCOc1cccc(NC(=O)OC(COC)CN2CCN(C)CC2)c1. The van der Waals surface area contributed by atoms with Crippen LogP contribution in [0.1, 0.15) is 32.6 Å². The maximum atomic E-state index is 12.4. The normalized spacial score (nSPS) is 16.4. The van der Waals surface area contributed by atoms with Gasteiger partial charge in [-0.2, -0.15) is 0 Å². The summed E-state index contributed by atoms with van der Waals surface area (Å²) >= 11 is 0. The molecule has 0 aromatic heterocycles. The fraction of sp³-hybridized carbons (Fsp3) is 0.682. The standard InChI is InChI=1S/C22H37N3O4/c1-4-5-6-7-15-28-20-10-8-9-19(16-20)23-22(26)29-21(18-27-3)17-25-13-11-24(2)12-14-25/h8-10,16,21H,4-7,11-15,17-18H2,1-3H3,(H,23,26). The molecule has 1 fully saturated rings. The molecule has 1 atom stereocenters. The van der Waals surface area contributed by atoms with E-state index in [1.54, 1.807) is 7.11 Å². The number of nitrogens with one attached hydrogen (secondary N) is 1. The highest BCUT2D eigenvalue weighted by Gasteiger charge is 2.21. The van der Waals surface area contributed by atoms with Gasteiger partial charge in [0.15, 0.2) is 0 Å².